The number of nitrogens with one attached hydrogen (secondary N) is 1. The second kappa shape index (κ2) is 7.20. The summed E-state index contributed by atoms with van der Waals surface area (Å²) < 4.78 is 18.8. The zero-order chi connectivity index (χ0) is 17.1. The average Bonchev–Trinajstić information content (AvgIpc) is 3.18. The minimum absolute atomic E-state index is 0.120. The quantitative estimate of drug-likeness (QED) is 0.785. The van der Waals surface area contributed by atoms with E-state index >= 15 is 0 Å². The van der Waals surface area contributed by atoms with Crippen molar-refractivity contribution in [1.29, 1.82) is 0 Å². The number of pyridine rings is 1. The second-order valence-electron chi connectivity index (χ2n) is 6.18. The highest BCUT2D eigenvalue weighted by molar-refractivity contribution is 5.65. The van der Waals surface area contributed by atoms with E-state index in [0.717, 1.165) is 17.3 Å². The van der Waals surface area contributed by atoms with Crippen molar-refractivity contribution in [3.63, 3.8) is 0 Å². The van der Waals surface area contributed by atoms with Gasteiger partial charge in [-0.1, -0.05) is 26.0 Å². The van der Waals surface area contributed by atoms with Crippen molar-refractivity contribution in [2.24, 2.45) is 0 Å². The predicted octanol–water partition coefficient (Wildman–Crippen LogP) is 5.59. The maximum absolute atomic E-state index is 13.3. The molecule has 0 spiro atoms. The molecule has 2 bridgehead atoms. The van der Waals surface area contributed by atoms with E-state index in [9.17, 15) is 4.39 Å². The maximum atomic E-state index is 13.3. The number of hydrogen-bond acceptors (Lipinski definition) is 3. The molecular weight excluding hydrogens is 303 g/mol. The predicted molar refractivity (Wildman–Crippen MR) is 96.1 cm³/mol. The lowest BCUT2D eigenvalue weighted by atomic mass is 9.91. The summed E-state index contributed by atoms with van der Waals surface area (Å²) in [4.78, 5) is 4.47. The van der Waals surface area contributed by atoms with E-state index in [1.807, 2.05) is 32.2 Å². The molecule has 3 aliphatic carbocycles. The molecule has 0 aromatic carbocycles. The monoisotopic (exact) mass is 328 g/mol. The van der Waals surface area contributed by atoms with Gasteiger partial charge in [0.05, 0.1) is 19.0 Å². The van der Waals surface area contributed by atoms with Crippen LogP contribution in [-0.2, 0) is 0 Å². The van der Waals surface area contributed by atoms with Crippen LogP contribution in [0.25, 0.3) is 0 Å². The summed E-state index contributed by atoms with van der Waals surface area (Å²) in [6, 6.07) is 0. The van der Waals surface area contributed by atoms with Gasteiger partial charge < -0.3 is 10.1 Å². The molecule has 2 unspecified atom stereocenters. The standard InChI is InChI=1S/C18H19FN2O.C2H6/c1-22-18-17-12-6-5-11(9-12)16(17)15(10-20-18)21-14-4-2-3-13(19)7-8-14;1-2/h2-4,8,10-12,21H,5-7,9H2,1H3;1-2H3. The molecule has 3 nitrogen and oxygen atoms in total. The van der Waals surface area contributed by atoms with Crippen LogP contribution in [0.15, 0.2) is 42.0 Å². The van der Waals surface area contributed by atoms with Gasteiger partial charge in [-0.2, -0.15) is 0 Å². The summed E-state index contributed by atoms with van der Waals surface area (Å²) in [5, 5.41) is 3.43. The molecule has 0 aliphatic heterocycles. The van der Waals surface area contributed by atoms with E-state index in [-0.39, 0.29) is 5.83 Å². The van der Waals surface area contributed by atoms with Crippen LogP contribution < -0.4 is 10.1 Å². The Morgan fingerprint density at radius 1 is 1.21 bits per heavy atom. The number of rotatable bonds is 3. The fourth-order valence-electron chi connectivity index (χ4n) is 3.97. The average molecular weight is 328 g/mol. The number of fused-ring (bicyclic) bond motifs is 5. The number of methoxy groups -OCH3 is 1. The highest BCUT2D eigenvalue weighted by Crippen LogP contribution is 2.57. The molecule has 2 atom stereocenters. The van der Waals surface area contributed by atoms with E-state index in [2.05, 4.69) is 10.3 Å². The van der Waals surface area contributed by atoms with Crippen LogP contribution in [-0.4, -0.2) is 12.1 Å². The summed E-state index contributed by atoms with van der Waals surface area (Å²) in [6.45, 7) is 4.00. The lowest BCUT2D eigenvalue weighted by Crippen LogP contribution is -2.08. The summed E-state index contributed by atoms with van der Waals surface area (Å²) in [7, 11) is 1.69. The molecular formula is C20H25FN2O. The first-order valence-electron chi connectivity index (χ1n) is 8.83. The van der Waals surface area contributed by atoms with Crippen molar-refractivity contribution in [3.05, 3.63) is 53.2 Å². The van der Waals surface area contributed by atoms with Crippen molar-refractivity contribution in [1.82, 2.24) is 4.98 Å². The van der Waals surface area contributed by atoms with Crippen LogP contribution >= 0.6 is 0 Å². The van der Waals surface area contributed by atoms with Crippen molar-refractivity contribution in [2.75, 3.05) is 12.4 Å². The van der Waals surface area contributed by atoms with E-state index in [1.54, 1.807) is 13.2 Å². The van der Waals surface area contributed by atoms with Crippen molar-refractivity contribution in [2.45, 2.75) is 51.4 Å². The Balaban J connectivity index is 0.000000815. The Bertz CT molecular complexity index is 706. The molecule has 1 N–H and O–H groups in total. The molecule has 4 heteroatoms. The molecule has 0 amide bonds. The lowest BCUT2D eigenvalue weighted by molar-refractivity contribution is 0.388. The number of ether oxygens (including phenoxy) is 1. The third kappa shape index (κ3) is 2.97. The highest BCUT2D eigenvalue weighted by Gasteiger charge is 2.41. The van der Waals surface area contributed by atoms with Gasteiger partial charge in [0, 0.05) is 17.7 Å². The number of aromatic nitrogens is 1. The Hall–Kier alpha value is -2.10. The van der Waals surface area contributed by atoms with E-state index < -0.39 is 0 Å². The van der Waals surface area contributed by atoms with Crippen LogP contribution in [0.3, 0.4) is 0 Å². The molecule has 0 radical (unpaired) electrons. The molecule has 1 aromatic heterocycles. The molecule has 128 valence electrons. The minimum Gasteiger partial charge on any atom is -0.481 e. The number of nitrogens with zero attached hydrogens (tertiary/aromatic N) is 1. The Morgan fingerprint density at radius 3 is 2.71 bits per heavy atom. The maximum Gasteiger partial charge on any atom is 0.216 e. The minimum atomic E-state index is -0.120. The van der Waals surface area contributed by atoms with Crippen LogP contribution in [0.1, 0.15) is 62.5 Å². The molecule has 3 aliphatic rings. The molecule has 24 heavy (non-hydrogen) atoms. The van der Waals surface area contributed by atoms with Gasteiger partial charge >= 0.3 is 0 Å². The number of hydrogen-bond donors (Lipinski definition) is 1. The first-order valence-corrected chi connectivity index (χ1v) is 8.83. The van der Waals surface area contributed by atoms with Gasteiger partial charge in [-0.15, -0.1) is 0 Å². The van der Waals surface area contributed by atoms with Crippen LogP contribution in [0.2, 0.25) is 0 Å². The molecule has 4 rings (SSSR count). The summed E-state index contributed by atoms with van der Waals surface area (Å²) in [5.41, 5.74) is 4.60. The third-order valence-electron chi connectivity index (χ3n) is 4.91. The summed E-state index contributed by atoms with van der Waals surface area (Å²) >= 11 is 0. The molecule has 1 heterocycles. The van der Waals surface area contributed by atoms with Gasteiger partial charge in [0.1, 0.15) is 5.83 Å². The fourth-order valence-corrected chi connectivity index (χ4v) is 3.97. The smallest absolute Gasteiger partial charge is 0.216 e. The van der Waals surface area contributed by atoms with Crippen LogP contribution in [0.5, 0.6) is 5.88 Å². The van der Waals surface area contributed by atoms with Gasteiger partial charge in [-0.3, -0.25) is 0 Å². The SMILES string of the molecule is CC.COc1ncc(NC2=CCC(F)=CC=C2)c2c1C1CCC2C1. The molecule has 0 saturated heterocycles. The summed E-state index contributed by atoms with van der Waals surface area (Å²) in [6.07, 6.45) is 12.9. The molecule has 1 fully saturated rings. The van der Waals surface area contributed by atoms with Crippen molar-refractivity contribution < 1.29 is 9.13 Å². The Labute approximate surface area is 143 Å². The van der Waals surface area contributed by atoms with Gasteiger partial charge in [-0.25, -0.2) is 9.37 Å². The number of allylic oxidation sites excluding steroid dienone is 5. The van der Waals surface area contributed by atoms with Gasteiger partial charge in [-0.05, 0) is 48.8 Å². The largest absolute Gasteiger partial charge is 0.481 e. The zero-order valence-corrected chi connectivity index (χ0v) is 14.6. The number of halogens is 1. The molecule has 1 saturated carbocycles. The lowest BCUT2D eigenvalue weighted by Gasteiger charge is -2.21. The Kier molecular flexibility index (Phi) is 5.03. The normalized spacial score (nSPS) is 23.5. The van der Waals surface area contributed by atoms with Crippen molar-refractivity contribution >= 4 is 5.69 Å². The third-order valence-corrected chi connectivity index (χ3v) is 4.91. The first kappa shape index (κ1) is 16.7. The van der Waals surface area contributed by atoms with Gasteiger partial charge in [0.25, 0.3) is 0 Å². The zero-order valence-electron chi connectivity index (χ0n) is 14.6. The number of anilines is 1. The van der Waals surface area contributed by atoms with Crippen molar-refractivity contribution in [3.8, 4) is 5.88 Å². The van der Waals surface area contributed by atoms with E-state index in [1.165, 1.54) is 36.5 Å². The van der Waals surface area contributed by atoms with Crippen LogP contribution in [0, 0.1) is 0 Å². The van der Waals surface area contributed by atoms with Crippen LogP contribution in [0.4, 0.5) is 10.1 Å². The topological polar surface area (TPSA) is 34.1 Å². The van der Waals surface area contributed by atoms with E-state index in [0.29, 0.717) is 18.3 Å². The Morgan fingerprint density at radius 2 is 1.96 bits per heavy atom. The first-order chi connectivity index (χ1) is 11.8. The van der Waals surface area contributed by atoms with Gasteiger partial charge in [0.2, 0.25) is 5.88 Å². The van der Waals surface area contributed by atoms with E-state index in [4.69, 9.17) is 4.74 Å². The summed E-state index contributed by atoms with van der Waals surface area (Å²) in [5.74, 6) is 1.84. The molecule has 1 aromatic rings. The fraction of sp³-hybridized carbons (Fsp3) is 0.450. The second-order valence-corrected chi connectivity index (χ2v) is 6.18. The highest BCUT2D eigenvalue weighted by atomic mass is 19.1. The van der Waals surface area contributed by atoms with Gasteiger partial charge in [0.15, 0.2) is 0 Å².